The number of primary amides is 1. The number of hydrogen-bond donors (Lipinski definition) is 5. The Hall–Kier alpha value is -3.40. The molecule has 3 rings (SSSR count). The number of amides is 2. The van der Waals surface area contributed by atoms with Gasteiger partial charge in [0, 0.05) is 41.3 Å². The minimum atomic E-state index is -1.08. The van der Waals surface area contributed by atoms with Gasteiger partial charge in [-0.3, -0.25) is 24.1 Å². The number of hydrogen-bond acceptors (Lipinski definition) is 5. The van der Waals surface area contributed by atoms with E-state index in [1.165, 1.54) is 0 Å². The summed E-state index contributed by atoms with van der Waals surface area (Å²) in [5.41, 5.74) is 7.02. The summed E-state index contributed by atoms with van der Waals surface area (Å²) < 4.78 is 0. The summed E-state index contributed by atoms with van der Waals surface area (Å²) in [5, 5.41) is 21.7. The van der Waals surface area contributed by atoms with Crippen LogP contribution in [-0.2, 0) is 19.2 Å². The smallest absolute Gasteiger partial charge is 0.325 e. The van der Waals surface area contributed by atoms with Crippen LogP contribution < -0.4 is 11.1 Å². The highest BCUT2D eigenvalue weighted by molar-refractivity contribution is 5.96. The fourth-order valence-electron chi connectivity index (χ4n) is 3.75. The maximum atomic E-state index is 12.0. The summed E-state index contributed by atoms with van der Waals surface area (Å²) in [6.07, 6.45) is 2.38. The molecule has 0 aliphatic carbocycles. The van der Waals surface area contributed by atoms with E-state index in [0.717, 1.165) is 0 Å². The lowest BCUT2D eigenvalue weighted by Gasteiger charge is -2.28. The zero-order valence-corrected chi connectivity index (χ0v) is 15.6. The normalized spacial score (nSPS) is 17.9. The van der Waals surface area contributed by atoms with Gasteiger partial charge in [0.2, 0.25) is 11.8 Å². The Morgan fingerprint density at radius 2 is 2.00 bits per heavy atom. The van der Waals surface area contributed by atoms with Gasteiger partial charge in [-0.2, -0.15) is 0 Å². The van der Waals surface area contributed by atoms with E-state index in [9.17, 15) is 24.3 Å². The molecule has 2 amide bonds. The van der Waals surface area contributed by atoms with Crippen molar-refractivity contribution in [3.05, 3.63) is 30.0 Å². The first-order valence-electron chi connectivity index (χ1n) is 9.18. The number of carbonyl (C=O) groups excluding carboxylic acids is 2. The molecule has 0 spiro atoms. The molecule has 29 heavy (non-hydrogen) atoms. The van der Waals surface area contributed by atoms with Gasteiger partial charge in [-0.15, -0.1) is 0 Å². The standard InChI is InChI=1S/C19H22N4O6/c20-18(27)14-2-1-7-23(14)17(19(28)29)12-9-21-13-8-10(3-4-11(12)13)22-15(24)5-6-16(25)26/h3-4,8-9,14,17,21H,1-2,5-7H2,(H2,20,27)(H,22,24)(H,25,26)(H,28,29)/t14-,17?/m0/s1. The molecular weight excluding hydrogens is 380 g/mol. The third kappa shape index (κ3) is 4.37. The summed E-state index contributed by atoms with van der Waals surface area (Å²) >= 11 is 0. The van der Waals surface area contributed by atoms with Gasteiger partial charge in [0.1, 0.15) is 6.04 Å². The Bertz CT molecular complexity index is 969. The van der Waals surface area contributed by atoms with Crippen LogP contribution in [0.4, 0.5) is 5.69 Å². The molecule has 1 aliphatic heterocycles. The molecule has 10 heteroatoms. The molecule has 1 aromatic heterocycles. The van der Waals surface area contributed by atoms with Crippen molar-refractivity contribution in [2.45, 2.75) is 37.8 Å². The summed E-state index contributed by atoms with van der Waals surface area (Å²) in [6, 6.07) is 3.28. The highest BCUT2D eigenvalue weighted by atomic mass is 16.4. The van der Waals surface area contributed by atoms with E-state index >= 15 is 0 Å². The fourth-order valence-corrected chi connectivity index (χ4v) is 3.75. The number of aromatic nitrogens is 1. The lowest BCUT2D eigenvalue weighted by atomic mass is 10.0. The second-order valence-corrected chi connectivity index (χ2v) is 6.99. The molecular formula is C19H22N4O6. The maximum Gasteiger partial charge on any atom is 0.325 e. The highest BCUT2D eigenvalue weighted by Crippen LogP contribution is 2.34. The average Bonchev–Trinajstić information content (AvgIpc) is 3.28. The van der Waals surface area contributed by atoms with Crippen LogP contribution in [0.1, 0.15) is 37.3 Å². The van der Waals surface area contributed by atoms with Crippen LogP contribution in [-0.4, -0.2) is 56.4 Å². The lowest BCUT2D eigenvalue weighted by molar-refractivity contribution is -0.145. The first-order chi connectivity index (χ1) is 13.8. The van der Waals surface area contributed by atoms with Crippen LogP contribution in [0, 0.1) is 0 Å². The van der Waals surface area contributed by atoms with Crippen molar-refractivity contribution in [1.82, 2.24) is 9.88 Å². The number of aromatic amines is 1. The Kier molecular flexibility index (Phi) is 5.83. The molecule has 0 bridgehead atoms. The number of likely N-dealkylation sites (tertiary alicyclic amines) is 1. The Morgan fingerprint density at radius 3 is 2.66 bits per heavy atom. The fraction of sp³-hybridized carbons (Fsp3) is 0.368. The summed E-state index contributed by atoms with van der Waals surface area (Å²) in [7, 11) is 0. The van der Waals surface area contributed by atoms with E-state index in [-0.39, 0.29) is 12.8 Å². The van der Waals surface area contributed by atoms with Crippen molar-refractivity contribution in [2.75, 3.05) is 11.9 Å². The minimum absolute atomic E-state index is 0.145. The van der Waals surface area contributed by atoms with E-state index in [4.69, 9.17) is 10.8 Å². The van der Waals surface area contributed by atoms with Crippen LogP contribution in [0.15, 0.2) is 24.4 Å². The predicted octanol–water partition coefficient (Wildman–Crippen LogP) is 1.05. The molecule has 1 fully saturated rings. The number of H-pyrrole nitrogens is 1. The van der Waals surface area contributed by atoms with Gasteiger partial charge in [-0.1, -0.05) is 6.07 Å². The summed E-state index contributed by atoms with van der Waals surface area (Å²) in [4.78, 5) is 50.7. The molecule has 2 heterocycles. The average molecular weight is 402 g/mol. The van der Waals surface area contributed by atoms with E-state index in [0.29, 0.717) is 41.5 Å². The molecule has 0 radical (unpaired) electrons. The minimum Gasteiger partial charge on any atom is -0.481 e. The third-order valence-electron chi connectivity index (χ3n) is 5.05. The second kappa shape index (κ2) is 8.31. The van der Waals surface area contributed by atoms with E-state index < -0.39 is 35.8 Å². The largest absolute Gasteiger partial charge is 0.481 e. The number of carboxylic acids is 2. The number of nitrogens with one attached hydrogen (secondary N) is 2. The Morgan fingerprint density at radius 1 is 1.24 bits per heavy atom. The van der Waals surface area contributed by atoms with Crippen molar-refractivity contribution < 1.29 is 29.4 Å². The number of carbonyl (C=O) groups is 4. The van der Waals surface area contributed by atoms with Crippen molar-refractivity contribution in [3.63, 3.8) is 0 Å². The van der Waals surface area contributed by atoms with Gasteiger partial charge >= 0.3 is 11.9 Å². The molecule has 1 aliphatic rings. The topological polar surface area (TPSA) is 166 Å². The van der Waals surface area contributed by atoms with Gasteiger partial charge in [-0.05, 0) is 25.0 Å². The number of benzene rings is 1. The molecule has 10 nitrogen and oxygen atoms in total. The summed E-state index contributed by atoms with van der Waals surface area (Å²) in [6.45, 7) is 0.453. The number of fused-ring (bicyclic) bond motifs is 1. The summed E-state index contributed by atoms with van der Waals surface area (Å²) in [5.74, 6) is -3.10. The zero-order chi connectivity index (χ0) is 21.1. The molecule has 1 unspecified atom stereocenters. The number of nitrogens with two attached hydrogens (primary N) is 1. The van der Waals surface area contributed by atoms with Crippen LogP contribution in [0.25, 0.3) is 10.9 Å². The number of nitrogens with zero attached hydrogens (tertiary/aromatic N) is 1. The maximum absolute atomic E-state index is 12.0. The van der Waals surface area contributed by atoms with Crippen LogP contribution in [0.3, 0.4) is 0 Å². The zero-order valence-electron chi connectivity index (χ0n) is 15.6. The van der Waals surface area contributed by atoms with Crippen molar-refractivity contribution >= 4 is 40.3 Å². The Labute approximate surface area is 165 Å². The second-order valence-electron chi connectivity index (χ2n) is 6.99. The van der Waals surface area contributed by atoms with Gasteiger partial charge < -0.3 is 26.2 Å². The van der Waals surface area contributed by atoms with Gasteiger partial charge in [0.25, 0.3) is 0 Å². The monoisotopic (exact) mass is 402 g/mol. The van der Waals surface area contributed by atoms with Gasteiger partial charge in [0.05, 0.1) is 12.5 Å². The third-order valence-corrected chi connectivity index (χ3v) is 5.05. The molecule has 154 valence electrons. The molecule has 2 aromatic rings. The van der Waals surface area contributed by atoms with Crippen molar-refractivity contribution in [3.8, 4) is 0 Å². The first kappa shape index (κ1) is 20.3. The van der Waals surface area contributed by atoms with E-state index in [1.54, 1.807) is 29.3 Å². The number of aliphatic carboxylic acids is 2. The molecule has 2 atom stereocenters. The first-order valence-corrected chi connectivity index (χ1v) is 9.18. The predicted molar refractivity (Wildman–Crippen MR) is 103 cm³/mol. The van der Waals surface area contributed by atoms with Crippen LogP contribution in [0.2, 0.25) is 0 Å². The van der Waals surface area contributed by atoms with Crippen LogP contribution in [0.5, 0.6) is 0 Å². The number of anilines is 1. The highest BCUT2D eigenvalue weighted by Gasteiger charge is 2.39. The lowest BCUT2D eigenvalue weighted by Crippen LogP contribution is -2.44. The van der Waals surface area contributed by atoms with Crippen molar-refractivity contribution in [2.24, 2.45) is 5.73 Å². The molecule has 1 aromatic carbocycles. The SMILES string of the molecule is NC(=O)[C@@H]1CCCN1C(C(=O)O)c1c[nH]c2cc(NC(=O)CCC(=O)O)ccc12. The Balaban J connectivity index is 1.86. The van der Waals surface area contributed by atoms with Crippen molar-refractivity contribution in [1.29, 1.82) is 0 Å². The molecule has 0 saturated carbocycles. The quantitative estimate of drug-likeness (QED) is 0.440. The van der Waals surface area contributed by atoms with Crippen LogP contribution >= 0.6 is 0 Å². The van der Waals surface area contributed by atoms with E-state index in [1.807, 2.05) is 0 Å². The van der Waals surface area contributed by atoms with Gasteiger partial charge in [0.15, 0.2) is 0 Å². The number of carboxylic acid groups (broad SMARTS) is 2. The van der Waals surface area contributed by atoms with Gasteiger partial charge in [-0.25, -0.2) is 0 Å². The van der Waals surface area contributed by atoms with E-state index in [2.05, 4.69) is 10.3 Å². The molecule has 6 N–H and O–H groups in total. The molecule has 1 saturated heterocycles. The number of rotatable bonds is 8.